The van der Waals surface area contributed by atoms with Gasteiger partial charge in [-0.1, -0.05) is 60.7 Å². The molecule has 3 rings (SSSR count). The van der Waals surface area contributed by atoms with Crippen LogP contribution >= 0.6 is 0 Å². The first kappa shape index (κ1) is 17.1. The van der Waals surface area contributed by atoms with Crippen LogP contribution in [0, 0.1) is 11.8 Å². The van der Waals surface area contributed by atoms with Crippen LogP contribution < -0.4 is 0 Å². The number of alkyl halides is 1. The van der Waals surface area contributed by atoms with Crippen LogP contribution in [0.2, 0.25) is 0 Å². The number of aliphatic hydroxyl groups excluding tert-OH is 1. The van der Waals surface area contributed by atoms with Gasteiger partial charge in [-0.05, 0) is 11.1 Å². The Labute approximate surface area is 142 Å². The minimum absolute atomic E-state index is 0.209. The Morgan fingerprint density at radius 2 is 1.21 bits per heavy atom. The molecule has 1 fully saturated rings. The van der Waals surface area contributed by atoms with E-state index < -0.39 is 12.3 Å². The normalized spacial score (nSPS) is 26.1. The number of hydrogen-bond donors (Lipinski definition) is 1. The van der Waals surface area contributed by atoms with Crippen molar-refractivity contribution in [1.82, 2.24) is 0 Å². The topological polar surface area (TPSA) is 38.7 Å². The zero-order chi connectivity index (χ0) is 16.8. The van der Waals surface area contributed by atoms with Crippen LogP contribution in [0.3, 0.4) is 0 Å². The van der Waals surface area contributed by atoms with E-state index in [4.69, 9.17) is 9.47 Å². The number of aliphatic hydroxyl groups is 1. The Balaban J connectivity index is 1.42. The summed E-state index contributed by atoms with van der Waals surface area (Å²) < 4.78 is 25.2. The van der Waals surface area contributed by atoms with E-state index in [9.17, 15) is 9.50 Å². The molecule has 0 aromatic heterocycles. The molecule has 128 valence electrons. The second kappa shape index (κ2) is 8.38. The third-order valence-electron chi connectivity index (χ3n) is 4.57. The number of benzene rings is 2. The zero-order valence-corrected chi connectivity index (χ0v) is 13.6. The van der Waals surface area contributed by atoms with Crippen molar-refractivity contribution < 1.29 is 19.0 Å². The van der Waals surface area contributed by atoms with Crippen molar-refractivity contribution in [2.75, 3.05) is 13.2 Å². The van der Waals surface area contributed by atoms with Crippen molar-refractivity contribution >= 4 is 0 Å². The first-order valence-corrected chi connectivity index (χ1v) is 8.31. The second-order valence-electron chi connectivity index (χ2n) is 6.26. The molecule has 2 aromatic rings. The molecule has 4 heteroatoms. The molecule has 0 bridgehead atoms. The molecule has 1 aliphatic rings. The molecule has 1 saturated carbocycles. The van der Waals surface area contributed by atoms with E-state index in [0.717, 1.165) is 11.1 Å². The van der Waals surface area contributed by atoms with Gasteiger partial charge >= 0.3 is 0 Å². The Morgan fingerprint density at radius 3 is 1.71 bits per heavy atom. The number of rotatable bonds is 8. The highest BCUT2D eigenvalue weighted by Gasteiger charge is 2.50. The van der Waals surface area contributed by atoms with Gasteiger partial charge in [-0.25, -0.2) is 4.39 Å². The van der Waals surface area contributed by atoms with Crippen molar-refractivity contribution in [2.45, 2.75) is 25.5 Å². The molecule has 0 radical (unpaired) electrons. The maximum Gasteiger partial charge on any atom is 0.132 e. The van der Waals surface area contributed by atoms with E-state index in [1.54, 1.807) is 0 Å². The highest BCUT2D eigenvalue weighted by Crippen LogP contribution is 2.38. The maximum atomic E-state index is 13.9. The quantitative estimate of drug-likeness (QED) is 0.806. The summed E-state index contributed by atoms with van der Waals surface area (Å²) in [5.41, 5.74) is 2.13. The van der Waals surface area contributed by atoms with Crippen molar-refractivity contribution in [2.24, 2.45) is 11.8 Å². The summed E-state index contributed by atoms with van der Waals surface area (Å²) in [6.07, 6.45) is -2.18. The lowest BCUT2D eigenvalue weighted by Gasteiger charge is -2.44. The molecule has 0 aliphatic heterocycles. The van der Waals surface area contributed by atoms with Crippen LogP contribution in [0.25, 0.3) is 0 Å². The number of ether oxygens (including phenoxy) is 2. The van der Waals surface area contributed by atoms with Crippen molar-refractivity contribution in [3.05, 3.63) is 71.8 Å². The van der Waals surface area contributed by atoms with Gasteiger partial charge in [-0.15, -0.1) is 0 Å². The van der Waals surface area contributed by atoms with Crippen molar-refractivity contribution in [1.29, 1.82) is 0 Å². The van der Waals surface area contributed by atoms with Gasteiger partial charge in [0.25, 0.3) is 0 Å². The van der Waals surface area contributed by atoms with Crippen LogP contribution in [0.15, 0.2) is 60.7 Å². The van der Waals surface area contributed by atoms with Gasteiger partial charge in [0.1, 0.15) is 6.17 Å². The maximum absolute atomic E-state index is 13.9. The van der Waals surface area contributed by atoms with Gasteiger partial charge < -0.3 is 14.6 Å². The fourth-order valence-corrected chi connectivity index (χ4v) is 3.05. The fourth-order valence-electron chi connectivity index (χ4n) is 3.05. The molecule has 1 N–H and O–H groups in total. The smallest absolute Gasteiger partial charge is 0.132 e. The molecule has 0 amide bonds. The van der Waals surface area contributed by atoms with E-state index >= 15 is 0 Å². The lowest BCUT2D eigenvalue weighted by molar-refractivity contribution is -0.163. The molecular formula is C20H23FO3. The second-order valence-corrected chi connectivity index (χ2v) is 6.26. The summed E-state index contributed by atoms with van der Waals surface area (Å²) in [4.78, 5) is 0. The van der Waals surface area contributed by atoms with E-state index in [-0.39, 0.29) is 11.8 Å². The summed E-state index contributed by atoms with van der Waals surface area (Å²) >= 11 is 0. The van der Waals surface area contributed by atoms with E-state index in [1.807, 2.05) is 60.7 Å². The molecule has 0 heterocycles. The Kier molecular flexibility index (Phi) is 5.96. The fraction of sp³-hybridized carbons (Fsp3) is 0.400. The summed E-state index contributed by atoms with van der Waals surface area (Å²) in [7, 11) is 0. The third-order valence-corrected chi connectivity index (χ3v) is 4.57. The van der Waals surface area contributed by atoms with Crippen LogP contribution in [0.5, 0.6) is 0 Å². The Morgan fingerprint density at radius 1 is 0.750 bits per heavy atom. The van der Waals surface area contributed by atoms with E-state index in [1.165, 1.54) is 0 Å². The first-order valence-electron chi connectivity index (χ1n) is 8.31. The van der Waals surface area contributed by atoms with Crippen molar-refractivity contribution in [3.63, 3.8) is 0 Å². The lowest BCUT2D eigenvalue weighted by atomic mass is 9.70. The van der Waals surface area contributed by atoms with Crippen LogP contribution in [-0.4, -0.2) is 30.6 Å². The predicted molar refractivity (Wildman–Crippen MR) is 90.1 cm³/mol. The van der Waals surface area contributed by atoms with Gasteiger partial charge in [0.05, 0.1) is 32.5 Å². The summed E-state index contributed by atoms with van der Waals surface area (Å²) in [6, 6.07) is 19.6. The Bertz CT molecular complexity index is 549. The minimum atomic E-state index is -1.23. The minimum Gasteiger partial charge on any atom is -0.390 e. The van der Waals surface area contributed by atoms with Crippen molar-refractivity contribution in [3.8, 4) is 0 Å². The van der Waals surface area contributed by atoms with E-state index in [2.05, 4.69) is 0 Å². The number of halogens is 1. The largest absolute Gasteiger partial charge is 0.390 e. The van der Waals surface area contributed by atoms with Crippen LogP contribution in [0.1, 0.15) is 11.1 Å². The van der Waals surface area contributed by atoms with Crippen LogP contribution in [-0.2, 0) is 22.7 Å². The number of hydrogen-bond acceptors (Lipinski definition) is 3. The molecular weight excluding hydrogens is 307 g/mol. The summed E-state index contributed by atoms with van der Waals surface area (Å²) in [5.74, 6) is -0.515. The zero-order valence-electron chi connectivity index (χ0n) is 13.6. The Hall–Kier alpha value is -1.75. The molecule has 1 aliphatic carbocycles. The molecule has 2 aromatic carbocycles. The van der Waals surface area contributed by atoms with Gasteiger partial charge in [0, 0.05) is 11.8 Å². The monoisotopic (exact) mass is 330 g/mol. The summed E-state index contributed by atoms with van der Waals surface area (Å²) in [6.45, 7) is 1.57. The highest BCUT2D eigenvalue weighted by atomic mass is 19.1. The lowest BCUT2D eigenvalue weighted by Crippen LogP contribution is -2.56. The standard InChI is InChI=1S/C20H23FO3/c21-19-17(13-23-11-15-7-3-1-4-8-15)18(20(19)22)14-24-12-16-9-5-2-6-10-16/h1-10,17-20,22H,11-14H2/t17-,18-,19+,20-/m1/s1. The highest BCUT2D eigenvalue weighted by molar-refractivity contribution is 5.14. The van der Waals surface area contributed by atoms with Gasteiger partial charge in [-0.3, -0.25) is 0 Å². The average molecular weight is 330 g/mol. The van der Waals surface area contributed by atoms with Gasteiger partial charge in [0.15, 0.2) is 0 Å². The molecule has 24 heavy (non-hydrogen) atoms. The molecule has 0 spiro atoms. The average Bonchev–Trinajstić information content (AvgIpc) is 2.64. The molecule has 4 atom stereocenters. The third kappa shape index (κ3) is 4.20. The summed E-state index contributed by atoms with van der Waals surface area (Å²) in [5, 5.41) is 9.85. The SMILES string of the molecule is O[C@H]1[C@@H](F)[C@H](COCc2ccccc2)[C@H]1COCc1ccccc1. The molecule has 0 saturated heterocycles. The predicted octanol–water partition coefficient (Wildman–Crippen LogP) is 3.37. The van der Waals surface area contributed by atoms with Gasteiger partial charge in [0.2, 0.25) is 0 Å². The van der Waals surface area contributed by atoms with Gasteiger partial charge in [-0.2, -0.15) is 0 Å². The molecule has 3 nitrogen and oxygen atoms in total. The first-order chi connectivity index (χ1) is 11.8. The molecule has 0 unspecified atom stereocenters. The van der Waals surface area contributed by atoms with Crippen LogP contribution in [0.4, 0.5) is 4.39 Å². The van der Waals surface area contributed by atoms with E-state index in [0.29, 0.717) is 26.4 Å².